The molecular weight excluding hydrogens is 284 g/mol. The molecule has 0 fully saturated rings. The Kier molecular flexibility index (Phi) is 3.60. The smallest absolute Gasteiger partial charge is 0.230 e. The molecule has 1 amide bonds. The summed E-state index contributed by atoms with van der Waals surface area (Å²) in [6.07, 6.45) is 1.58. The van der Waals surface area contributed by atoms with Crippen molar-refractivity contribution in [1.29, 1.82) is 0 Å². The molecule has 21 heavy (non-hydrogen) atoms. The maximum absolute atomic E-state index is 12.7. The third-order valence-electron chi connectivity index (χ3n) is 4.08. The number of amides is 1. The van der Waals surface area contributed by atoms with Gasteiger partial charge in [0, 0.05) is 18.0 Å². The maximum atomic E-state index is 12.7. The zero-order valence-electron chi connectivity index (χ0n) is 11.8. The number of anilines is 2. The normalized spacial score (nSPS) is 14.0. The fourth-order valence-electron chi connectivity index (χ4n) is 2.93. The Morgan fingerprint density at radius 3 is 2.43 bits per heavy atom. The lowest BCUT2D eigenvalue weighted by Gasteiger charge is -2.22. The molecule has 0 radical (unpaired) electrons. The minimum absolute atomic E-state index is 0.0224. The lowest BCUT2D eigenvalue weighted by atomic mass is 10.0. The molecule has 0 saturated heterocycles. The summed E-state index contributed by atoms with van der Waals surface area (Å²) in [6, 6.07) is 13.4. The largest absolute Gasteiger partial charge is 0.397 e. The molecule has 3 rings (SSSR count). The van der Waals surface area contributed by atoms with Gasteiger partial charge in [0.1, 0.15) is 0 Å². The molecule has 0 unspecified atom stereocenters. The van der Waals surface area contributed by atoms with E-state index in [0.717, 1.165) is 12.8 Å². The van der Waals surface area contributed by atoms with Gasteiger partial charge in [0.05, 0.1) is 11.4 Å². The lowest BCUT2D eigenvalue weighted by molar-refractivity contribution is -0.121. The van der Waals surface area contributed by atoms with Crippen LogP contribution in [0.3, 0.4) is 0 Å². The van der Waals surface area contributed by atoms with Crippen molar-refractivity contribution in [3.8, 4) is 0 Å². The highest BCUT2D eigenvalue weighted by Crippen LogP contribution is 2.31. The fourth-order valence-corrected chi connectivity index (χ4v) is 3.10. The molecule has 0 aromatic heterocycles. The minimum Gasteiger partial charge on any atom is -0.397 e. The highest BCUT2D eigenvalue weighted by Gasteiger charge is 2.30. The molecule has 1 aliphatic carbocycles. The van der Waals surface area contributed by atoms with Crippen LogP contribution in [0.25, 0.3) is 0 Å². The standard InChI is InChI=1S/C17H17ClN2O/c1-20(16-10-14(18)6-7-15(16)19)17(21)13-8-11-4-2-3-5-12(11)9-13/h2-7,10,13H,8-9,19H2,1H3. The van der Waals surface area contributed by atoms with E-state index in [1.807, 2.05) is 12.1 Å². The summed E-state index contributed by atoms with van der Waals surface area (Å²) in [7, 11) is 1.76. The SMILES string of the molecule is CN(C(=O)C1Cc2ccccc2C1)c1cc(Cl)ccc1N. The topological polar surface area (TPSA) is 46.3 Å². The van der Waals surface area contributed by atoms with Crippen LogP contribution in [0.5, 0.6) is 0 Å². The molecule has 0 spiro atoms. The molecule has 0 heterocycles. The van der Waals surface area contributed by atoms with Crippen molar-refractivity contribution in [2.24, 2.45) is 5.92 Å². The van der Waals surface area contributed by atoms with Gasteiger partial charge in [-0.2, -0.15) is 0 Å². The molecule has 1 aliphatic rings. The predicted molar refractivity (Wildman–Crippen MR) is 86.6 cm³/mol. The van der Waals surface area contributed by atoms with Gasteiger partial charge in [-0.3, -0.25) is 4.79 Å². The van der Waals surface area contributed by atoms with Gasteiger partial charge in [-0.15, -0.1) is 0 Å². The van der Waals surface area contributed by atoms with Crippen LogP contribution in [0.1, 0.15) is 11.1 Å². The van der Waals surface area contributed by atoms with Gasteiger partial charge < -0.3 is 10.6 Å². The molecule has 108 valence electrons. The fraction of sp³-hybridized carbons (Fsp3) is 0.235. The van der Waals surface area contributed by atoms with Gasteiger partial charge in [0.2, 0.25) is 5.91 Å². The number of hydrogen-bond acceptors (Lipinski definition) is 2. The summed E-state index contributed by atoms with van der Waals surface area (Å²) in [5.74, 6) is 0.0611. The number of carbonyl (C=O) groups is 1. The van der Waals surface area contributed by atoms with E-state index in [1.54, 1.807) is 30.1 Å². The summed E-state index contributed by atoms with van der Waals surface area (Å²) in [4.78, 5) is 14.3. The number of hydrogen-bond donors (Lipinski definition) is 1. The Balaban J connectivity index is 1.82. The number of nitrogens with zero attached hydrogens (tertiary/aromatic N) is 1. The highest BCUT2D eigenvalue weighted by molar-refractivity contribution is 6.31. The first-order valence-corrected chi connectivity index (χ1v) is 7.33. The van der Waals surface area contributed by atoms with Gasteiger partial charge in [-0.05, 0) is 42.2 Å². The van der Waals surface area contributed by atoms with Gasteiger partial charge in [-0.1, -0.05) is 35.9 Å². The second-order valence-corrected chi connectivity index (χ2v) is 5.91. The van der Waals surface area contributed by atoms with E-state index in [9.17, 15) is 4.79 Å². The van der Waals surface area contributed by atoms with Gasteiger partial charge in [0.15, 0.2) is 0 Å². The van der Waals surface area contributed by atoms with Crippen LogP contribution in [0.4, 0.5) is 11.4 Å². The molecular formula is C17H17ClN2O. The van der Waals surface area contributed by atoms with Gasteiger partial charge in [0.25, 0.3) is 0 Å². The highest BCUT2D eigenvalue weighted by atomic mass is 35.5. The van der Waals surface area contributed by atoms with Crippen molar-refractivity contribution in [2.45, 2.75) is 12.8 Å². The molecule has 2 N–H and O–H groups in total. The Labute approximate surface area is 129 Å². The monoisotopic (exact) mass is 300 g/mol. The second kappa shape index (κ2) is 5.41. The molecule has 2 aromatic rings. The van der Waals surface area contributed by atoms with Gasteiger partial charge in [-0.25, -0.2) is 0 Å². The number of nitrogen functional groups attached to an aromatic ring is 1. The van der Waals surface area contributed by atoms with E-state index in [4.69, 9.17) is 17.3 Å². The second-order valence-electron chi connectivity index (χ2n) is 5.47. The van der Waals surface area contributed by atoms with Crippen molar-refractivity contribution >= 4 is 28.9 Å². The number of benzene rings is 2. The number of carbonyl (C=O) groups excluding carboxylic acids is 1. The summed E-state index contributed by atoms with van der Waals surface area (Å²) < 4.78 is 0. The van der Waals surface area contributed by atoms with E-state index >= 15 is 0 Å². The van der Waals surface area contributed by atoms with Crippen molar-refractivity contribution in [3.05, 3.63) is 58.6 Å². The van der Waals surface area contributed by atoms with E-state index < -0.39 is 0 Å². The average molecular weight is 301 g/mol. The zero-order valence-corrected chi connectivity index (χ0v) is 12.6. The molecule has 2 aromatic carbocycles. The molecule has 4 heteroatoms. The first-order valence-electron chi connectivity index (χ1n) is 6.95. The van der Waals surface area contributed by atoms with Crippen LogP contribution in [0.15, 0.2) is 42.5 Å². The molecule has 0 atom stereocenters. The first kappa shape index (κ1) is 14.0. The third kappa shape index (κ3) is 2.61. The predicted octanol–water partition coefficient (Wildman–Crippen LogP) is 3.30. The third-order valence-corrected chi connectivity index (χ3v) is 4.32. The molecule has 3 nitrogen and oxygen atoms in total. The van der Waals surface area contributed by atoms with Crippen LogP contribution in [-0.4, -0.2) is 13.0 Å². The van der Waals surface area contributed by atoms with Crippen molar-refractivity contribution in [3.63, 3.8) is 0 Å². The Bertz CT molecular complexity index is 674. The van der Waals surface area contributed by atoms with E-state index in [1.165, 1.54) is 11.1 Å². The Hall–Kier alpha value is -2.00. The van der Waals surface area contributed by atoms with Crippen molar-refractivity contribution < 1.29 is 4.79 Å². The zero-order chi connectivity index (χ0) is 15.0. The van der Waals surface area contributed by atoms with Crippen LogP contribution in [-0.2, 0) is 17.6 Å². The van der Waals surface area contributed by atoms with E-state index in [-0.39, 0.29) is 11.8 Å². The Morgan fingerprint density at radius 2 is 1.81 bits per heavy atom. The van der Waals surface area contributed by atoms with Gasteiger partial charge >= 0.3 is 0 Å². The molecule has 0 saturated carbocycles. The minimum atomic E-state index is -0.0224. The average Bonchev–Trinajstić information content (AvgIpc) is 2.92. The van der Waals surface area contributed by atoms with Crippen molar-refractivity contribution in [2.75, 3.05) is 17.7 Å². The number of rotatable bonds is 2. The molecule has 0 bridgehead atoms. The van der Waals surface area contributed by atoms with Crippen LogP contribution < -0.4 is 10.6 Å². The summed E-state index contributed by atoms with van der Waals surface area (Å²) >= 11 is 6.00. The van der Waals surface area contributed by atoms with Crippen molar-refractivity contribution in [1.82, 2.24) is 0 Å². The Morgan fingerprint density at radius 1 is 1.19 bits per heavy atom. The maximum Gasteiger partial charge on any atom is 0.230 e. The lowest BCUT2D eigenvalue weighted by Crippen LogP contribution is -2.33. The number of halogens is 1. The summed E-state index contributed by atoms with van der Waals surface area (Å²) in [5.41, 5.74) is 9.72. The van der Waals surface area contributed by atoms with E-state index in [2.05, 4.69) is 12.1 Å². The first-order chi connectivity index (χ1) is 10.1. The van der Waals surface area contributed by atoms with Crippen LogP contribution in [0, 0.1) is 5.92 Å². The number of fused-ring (bicyclic) bond motifs is 1. The quantitative estimate of drug-likeness (QED) is 0.865. The van der Waals surface area contributed by atoms with E-state index in [0.29, 0.717) is 16.4 Å². The summed E-state index contributed by atoms with van der Waals surface area (Å²) in [6.45, 7) is 0. The van der Waals surface area contributed by atoms with Crippen LogP contribution in [0.2, 0.25) is 5.02 Å². The van der Waals surface area contributed by atoms with Crippen LogP contribution >= 0.6 is 11.6 Å². The summed E-state index contributed by atoms with van der Waals surface area (Å²) in [5, 5.41) is 0.577. The number of nitrogens with two attached hydrogens (primary N) is 1. The molecule has 0 aliphatic heterocycles.